The average Bonchev–Trinajstić information content (AvgIpc) is 3.63. The van der Waals surface area contributed by atoms with Gasteiger partial charge in [-0.1, -0.05) is 45.2 Å². The second-order valence-corrected chi connectivity index (χ2v) is 14.8. The maximum atomic E-state index is 14.9. The molecule has 48 heavy (non-hydrogen) atoms. The molecule has 3 aromatic carbocycles. The lowest BCUT2D eigenvalue weighted by Gasteiger charge is -2.34. The summed E-state index contributed by atoms with van der Waals surface area (Å²) in [4.78, 5) is 16.9. The summed E-state index contributed by atoms with van der Waals surface area (Å²) in [5, 5.41) is 8.20. The number of carbonyl (C=O) groups excluding carboxylic acids is 1. The Labute approximate surface area is 299 Å². The summed E-state index contributed by atoms with van der Waals surface area (Å²) in [5.41, 5.74) is 10.5. The van der Waals surface area contributed by atoms with Gasteiger partial charge < -0.3 is 18.8 Å². The van der Waals surface area contributed by atoms with Crippen molar-refractivity contribution >= 4 is 72.5 Å². The smallest absolute Gasteiger partial charge is 0.275 e. The number of anilines is 1. The normalized spacial score (nSPS) is 14.8. The van der Waals surface area contributed by atoms with E-state index in [9.17, 15) is 4.79 Å². The van der Waals surface area contributed by atoms with Crippen molar-refractivity contribution in [2.45, 2.75) is 53.5 Å². The van der Waals surface area contributed by atoms with Crippen LogP contribution in [0.5, 0.6) is 5.75 Å². The Bertz CT molecular complexity index is 2260. The largest absolute Gasteiger partial charge is 0.494 e. The molecule has 1 atom stereocenters. The Kier molecular flexibility index (Phi) is 8.41. The van der Waals surface area contributed by atoms with Gasteiger partial charge in [-0.05, 0) is 101 Å². The fourth-order valence-corrected chi connectivity index (χ4v) is 8.21. The molecule has 0 saturated carbocycles. The molecule has 10 heteroatoms. The van der Waals surface area contributed by atoms with Gasteiger partial charge in [-0.25, -0.2) is 0 Å². The molecule has 1 amide bonds. The SMILES string of the molecule is Cc1cc(OCCCc2c3n(c4c(-c5c(C)nn(C)c5C)c(Cl)ccc24)C(C)CN(c2cn(C)c4ccc(Br)cc24)C3=O)cc(C)c1Cl. The minimum absolute atomic E-state index is 0.0154. The van der Waals surface area contributed by atoms with Gasteiger partial charge in [-0.15, -0.1) is 0 Å². The number of benzene rings is 3. The zero-order chi connectivity index (χ0) is 34.2. The van der Waals surface area contributed by atoms with Crippen LogP contribution in [0.2, 0.25) is 10.0 Å². The van der Waals surface area contributed by atoms with E-state index in [1.54, 1.807) is 0 Å². The van der Waals surface area contributed by atoms with Gasteiger partial charge >= 0.3 is 0 Å². The number of carbonyl (C=O) groups is 1. The number of aryl methyl sites for hydroxylation is 6. The molecular weight excluding hydrogens is 709 g/mol. The van der Waals surface area contributed by atoms with Gasteiger partial charge in [0, 0.05) is 75.5 Å². The number of hydrogen-bond donors (Lipinski definition) is 0. The third kappa shape index (κ3) is 5.24. The summed E-state index contributed by atoms with van der Waals surface area (Å²) < 4.78 is 13.4. The summed E-state index contributed by atoms with van der Waals surface area (Å²) in [6.45, 7) is 11.3. The molecule has 0 spiro atoms. The lowest BCUT2D eigenvalue weighted by molar-refractivity contribution is 0.0957. The van der Waals surface area contributed by atoms with E-state index in [1.807, 2.05) is 68.7 Å². The quantitative estimate of drug-likeness (QED) is 0.153. The Hall–Kier alpha value is -3.72. The predicted molar refractivity (Wildman–Crippen MR) is 200 cm³/mol. The topological polar surface area (TPSA) is 57.2 Å². The monoisotopic (exact) mass is 745 g/mol. The molecule has 6 aromatic rings. The first-order chi connectivity index (χ1) is 22.9. The molecule has 0 radical (unpaired) electrons. The number of amides is 1. The standard InChI is InChI=1S/C38H38BrCl2N5O2/c1-20-15-26(16-21(2)35(20)41)48-14-8-9-27-28-11-12-30(40)34(33-23(4)42-44(7)24(33)5)36(28)46-22(3)18-45(38(47)37(27)46)32-19-43(6)31-13-10-25(39)17-29(31)32/h10-13,15-17,19,22H,8-9,14,18H2,1-7H3. The van der Waals surface area contributed by atoms with Crippen LogP contribution >= 0.6 is 39.1 Å². The van der Waals surface area contributed by atoms with Crippen LogP contribution in [0.3, 0.4) is 0 Å². The molecule has 7 nitrogen and oxygen atoms in total. The molecule has 0 saturated heterocycles. The van der Waals surface area contributed by atoms with Crippen LogP contribution in [-0.4, -0.2) is 38.0 Å². The summed E-state index contributed by atoms with van der Waals surface area (Å²) in [7, 11) is 3.98. The van der Waals surface area contributed by atoms with Crippen molar-refractivity contribution in [3.8, 4) is 16.9 Å². The van der Waals surface area contributed by atoms with Gasteiger partial charge in [0.15, 0.2) is 0 Å². The van der Waals surface area contributed by atoms with Crippen molar-refractivity contribution in [3.05, 3.63) is 97.0 Å². The van der Waals surface area contributed by atoms with Crippen molar-refractivity contribution in [3.63, 3.8) is 0 Å². The minimum atomic E-state index is -0.0258. The Morgan fingerprint density at radius 1 is 0.979 bits per heavy atom. The fraction of sp³-hybridized carbons (Fsp3) is 0.316. The third-order valence-corrected chi connectivity index (χ3v) is 11.2. The molecule has 4 heterocycles. The Balaban J connectivity index is 1.37. The van der Waals surface area contributed by atoms with E-state index in [1.165, 1.54) is 0 Å². The predicted octanol–water partition coefficient (Wildman–Crippen LogP) is 10.1. The highest BCUT2D eigenvalue weighted by Gasteiger charge is 2.37. The second-order valence-electron chi connectivity index (χ2n) is 13.1. The molecule has 1 aliphatic rings. The van der Waals surface area contributed by atoms with Gasteiger partial charge in [0.25, 0.3) is 5.91 Å². The van der Waals surface area contributed by atoms with E-state index in [4.69, 9.17) is 33.0 Å². The van der Waals surface area contributed by atoms with Gasteiger partial charge in [0.05, 0.1) is 28.5 Å². The van der Waals surface area contributed by atoms with Crippen LogP contribution in [0, 0.1) is 27.7 Å². The van der Waals surface area contributed by atoms with Crippen molar-refractivity contribution in [2.24, 2.45) is 14.1 Å². The maximum absolute atomic E-state index is 14.9. The Morgan fingerprint density at radius 3 is 2.40 bits per heavy atom. The van der Waals surface area contributed by atoms with Crippen molar-refractivity contribution in [2.75, 3.05) is 18.1 Å². The minimum Gasteiger partial charge on any atom is -0.494 e. The van der Waals surface area contributed by atoms with Crippen molar-refractivity contribution in [1.82, 2.24) is 18.9 Å². The maximum Gasteiger partial charge on any atom is 0.275 e. The van der Waals surface area contributed by atoms with Crippen LogP contribution in [0.4, 0.5) is 5.69 Å². The number of fused-ring (bicyclic) bond motifs is 4. The van der Waals surface area contributed by atoms with Crippen molar-refractivity contribution < 1.29 is 9.53 Å². The number of nitrogens with zero attached hydrogens (tertiary/aromatic N) is 5. The van der Waals surface area contributed by atoms with Crippen molar-refractivity contribution in [1.29, 1.82) is 0 Å². The fourth-order valence-electron chi connectivity index (χ4n) is 7.50. The molecule has 7 rings (SSSR count). The number of aromatic nitrogens is 4. The van der Waals surface area contributed by atoms with E-state index in [2.05, 4.69) is 63.3 Å². The van der Waals surface area contributed by atoms with Gasteiger partial charge in [-0.2, -0.15) is 5.10 Å². The number of hydrogen-bond acceptors (Lipinski definition) is 3. The zero-order valence-corrected chi connectivity index (χ0v) is 31.3. The van der Waals surface area contributed by atoms with Gasteiger partial charge in [0.2, 0.25) is 0 Å². The molecule has 0 N–H and O–H groups in total. The van der Waals surface area contributed by atoms with Gasteiger partial charge in [0.1, 0.15) is 11.4 Å². The molecule has 1 aliphatic heterocycles. The molecule has 248 valence electrons. The third-order valence-electron chi connectivity index (χ3n) is 9.79. The second kappa shape index (κ2) is 12.3. The van der Waals surface area contributed by atoms with Crippen LogP contribution in [-0.2, 0) is 20.5 Å². The van der Waals surface area contributed by atoms with E-state index in [-0.39, 0.29) is 11.9 Å². The number of halogens is 3. The number of ether oxygens (including phenoxy) is 1. The first kappa shape index (κ1) is 32.8. The summed E-state index contributed by atoms with van der Waals surface area (Å²) >= 11 is 17.1. The molecular formula is C38H38BrCl2N5O2. The van der Waals surface area contributed by atoms with Crippen LogP contribution < -0.4 is 9.64 Å². The summed E-state index contributed by atoms with van der Waals surface area (Å²) in [6, 6.07) is 14.2. The average molecular weight is 748 g/mol. The molecule has 1 unspecified atom stereocenters. The Morgan fingerprint density at radius 2 is 1.71 bits per heavy atom. The van der Waals surface area contributed by atoms with Crippen LogP contribution in [0.25, 0.3) is 32.9 Å². The molecule has 0 fully saturated rings. The van der Waals surface area contributed by atoms with Crippen LogP contribution in [0.1, 0.15) is 58.0 Å². The first-order valence-electron chi connectivity index (χ1n) is 16.2. The highest BCUT2D eigenvalue weighted by atomic mass is 79.9. The molecule has 0 bridgehead atoms. The lowest BCUT2D eigenvalue weighted by Crippen LogP contribution is -2.42. The van der Waals surface area contributed by atoms with Crippen LogP contribution in [0.15, 0.2) is 53.1 Å². The van der Waals surface area contributed by atoms with Gasteiger partial charge in [-0.3, -0.25) is 9.48 Å². The summed E-state index contributed by atoms with van der Waals surface area (Å²) in [6.07, 6.45) is 3.44. The van der Waals surface area contributed by atoms with E-state index in [0.717, 1.165) is 88.4 Å². The van der Waals surface area contributed by atoms with E-state index in [0.29, 0.717) is 30.3 Å². The number of rotatable bonds is 7. The van der Waals surface area contributed by atoms with E-state index >= 15 is 0 Å². The highest BCUT2D eigenvalue weighted by Crippen LogP contribution is 2.45. The lowest BCUT2D eigenvalue weighted by atomic mass is 9.98. The molecule has 0 aliphatic carbocycles. The zero-order valence-electron chi connectivity index (χ0n) is 28.2. The molecule has 3 aromatic heterocycles. The highest BCUT2D eigenvalue weighted by molar-refractivity contribution is 9.10. The first-order valence-corrected chi connectivity index (χ1v) is 17.7. The van der Waals surface area contributed by atoms with E-state index < -0.39 is 0 Å². The summed E-state index contributed by atoms with van der Waals surface area (Å²) in [5.74, 6) is 0.783.